The van der Waals surface area contributed by atoms with E-state index in [1.54, 1.807) is 14.0 Å². The van der Waals surface area contributed by atoms with E-state index in [1.807, 2.05) is 43.9 Å². The number of para-hydroxylation sites is 1. The topological polar surface area (TPSA) is 44.8 Å². The van der Waals surface area contributed by atoms with Gasteiger partial charge < -0.3 is 13.9 Å². The van der Waals surface area contributed by atoms with Crippen LogP contribution in [0.2, 0.25) is 19.6 Å². The second-order valence-electron chi connectivity index (χ2n) is 5.10. The summed E-state index contributed by atoms with van der Waals surface area (Å²) in [5, 5.41) is 0. The summed E-state index contributed by atoms with van der Waals surface area (Å²) in [4.78, 5) is 12.1. The molecule has 5 heteroatoms. The molecule has 0 N–H and O–H groups in total. The largest absolute Gasteiger partial charge is 0.496 e. The molecule has 0 aliphatic rings. The molecule has 4 nitrogen and oxygen atoms in total. The van der Waals surface area contributed by atoms with Gasteiger partial charge in [-0.15, -0.1) is 0 Å². The average Bonchev–Trinajstić information content (AvgIpc) is 2.35. The van der Waals surface area contributed by atoms with Crippen LogP contribution < -0.4 is 4.74 Å². The minimum absolute atomic E-state index is 0.333. The van der Waals surface area contributed by atoms with Crippen LogP contribution in [0, 0.1) is 0 Å². The molecule has 0 saturated carbocycles. The van der Waals surface area contributed by atoms with E-state index in [4.69, 9.17) is 13.9 Å². The van der Waals surface area contributed by atoms with E-state index in [2.05, 4.69) is 0 Å². The van der Waals surface area contributed by atoms with Gasteiger partial charge in [-0.05, 0) is 32.6 Å². The molecule has 1 atom stereocenters. The minimum atomic E-state index is -1.89. The Morgan fingerprint density at radius 3 is 2.42 bits per heavy atom. The van der Waals surface area contributed by atoms with Crippen LogP contribution in [0.4, 0.5) is 0 Å². The molecule has 0 aliphatic heterocycles. The zero-order valence-corrected chi connectivity index (χ0v) is 13.2. The summed E-state index contributed by atoms with van der Waals surface area (Å²) in [7, 11) is -0.308. The summed E-state index contributed by atoms with van der Waals surface area (Å²) in [5.74, 6) is 0.272. The van der Waals surface area contributed by atoms with Crippen LogP contribution in [-0.4, -0.2) is 28.0 Å². The second kappa shape index (κ2) is 6.72. The highest BCUT2D eigenvalue weighted by molar-refractivity contribution is 6.69. The van der Waals surface area contributed by atoms with Crippen molar-refractivity contribution in [1.29, 1.82) is 0 Å². The molecule has 0 aromatic heterocycles. The normalized spacial score (nSPS) is 12.9. The SMILES string of the molecule is CCOC(=O)[C@H](O[Si](C)(C)C)c1ccccc1OC. The summed E-state index contributed by atoms with van der Waals surface area (Å²) in [6, 6.07) is 7.37. The molecule has 0 saturated heterocycles. The summed E-state index contributed by atoms with van der Waals surface area (Å²) < 4.78 is 16.4. The molecule has 0 spiro atoms. The van der Waals surface area contributed by atoms with Gasteiger partial charge in [0.05, 0.1) is 13.7 Å². The number of carbonyl (C=O) groups excluding carboxylic acids is 1. The highest BCUT2D eigenvalue weighted by Gasteiger charge is 2.31. The van der Waals surface area contributed by atoms with Gasteiger partial charge in [-0.25, -0.2) is 4.79 Å². The summed E-state index contributed by atoms with van der Waals surface area (Å²) in [6.45, 7) is 8.23. The van der Waals surface area contributed by atoms with E-state index in [-0.39, 0.29) is 5.97 Å². The lowest BCUT2D eigenvalue weighted by atomic mass is 10.1. The number of esters is 1. The van der Waals surface area contributed by atoms with Crippen molar-refractivity contribution in [2.75, 3.05) is 13.7 Å². The molecule has 0 radical (unpaired) electrons. The molecule has 106 valence electrons. The molecule has 0 amide bonds. The third-order valence-corrected chi connectivity index (χ3v) is 3.34. The lowest BCUT2D eigenvalue weighted by molar-refractivity contribution is -0.152. The van der Waals surface area contributed by atoms with Crippen LogP contribution in [0.3, 0.4) is 0 Å². The van der Waals surface area contributed by atoms with E-state index in [0.29, 0.717) is 17.9 Å². The van der Waals surface area contributed by atoms with E-state index in [0.717, 1.165) is 0 Å². The zero-order valence-electron chi connectivity index (χ0n) is 12.2. The van der Waals surface area contributed by atoms with Crippen LogP contribution in [-0.2, 0) is 14.0 Å². The van der Waals surface area contributed by atoms with Crippen molar-refractivity contribution in [3.8, 4) is 5.75 Å². The molecular weight excluding hydrogens is 260 g/mol. The molecule has 19 heavy (non-hydrogen) atoms. The van der Waals surface area contributed by atoms with Crippen molar-refractivity contribution in [2.24, 2.45) is 0 Å². The van der Waals surface area contributed by atoms with E-state index in [1.165, 1.54) is 0 Å². The van der Waals surface area contributed by atoms with Gasteiger partial charge in [-0.2, -0.15) is 0 Å². The predicted octanol–water partition coefficient (Wildman–Crippen LogP) is 3.15. The maximum absolute atomic E-state index is 12.1. The first-order chi connectivity index (χ1) is 8.89. The zero-order chi connectivity index (χ0) is 14.5. The molecule has 0 heterocycles. The number of hydrogen-bond acceptors (Lipinski definition) is 4. The molecule has 0 unspecified atom stereocenters. The van der Waals surface area contributed by atoms with Gasteiger partial charge in [-0.3, -0.25) is 0 Å². The van der Waals surface area contributed by atoms with Gasteiger partial charge in [0.25, 0.3) is 0 Å². The van der Waals surface area contributed by atoms with Gasteiger partial charge >= 0.3 is 5.97 Å². The average molecular weight is 282 g/mol. The van der Waals surface area contributed by atoms with Crippen molar-refractivity contribution in [3.05, 3.63) is 29.8 Å². The highest BCUT2D eigenvalue weighted by atomic mass is 28.4. The monoisotopic (exact) mass is 282 g/mol. The van der Waals surface area contributed by atoms with Gasteiger partial charge in [0, 0.05) is 5.56 Å². The van der Waals surface area contributed by atoms with Gasteiger partial charge in [0.15, 0.2) is 14.4 Å². The Morgan fingerprint density at radius 1 is 1.26 bits per heavy atom. The van der Waals surface area contributed by atoms with E-state index < -0.39 is 14.4 Å². The fraction of sp³-hybridized carbons (Fsp3) is 0.500. The molecule has 0 aliphatic carbocycles. The van der Waals surface area contributed by atoms with Crippen LogP contribution >= 0.6 is 0 Å². The van der Waals surface area contributed by atoms with Gasteiger partial charge in [0.1, 0.15) is 5.75 Å². The van der Waals surface area contributed by atoms with E-state index >= 15 is 0 Å². The van der Waals surface area contributed by atoms with Crippen LogP contribution in [0.5, 0.6) is 5.75 Å². The molecule has 1 aromatic rings. The maximum atomic E-state index is 12.1. The van der Waals surface area contributed by atoms with Gasteiger partial charge in [0.2, 0.25) is 0 Å². The smallest absolute Gasteiger partial charge is 0.338 e. The van der Waals surface area contributed by atoms with Crippen LogP contribution in [0.1, 0.15) is 18.6 Å². The Hall–Kier alpha value is -1.33. The number of benzene rings is 1. The van der Waals surface area contributed by atoms with Crippen molar-refractivity contribution in [1.82, 2.24) is 0 Å². The maximum Gasteiger partial charge on any atom is 0.338 e. The Bertz CT molecular complexity index is 426. The van der Waals surface area contributed by atoms with Crippen molar-refractivity contribution < 1.29 is 18.7 Å². The van der Waals surface area contributed by atoms with Crippen LogP contribution in [0.25, 0.3) is 0 Å². The van der Waals surface area contributed by atoms with Crippen molar-refractivity contribution in [3.63, 3.8) is 0 Å². The molecule has 1 rings (SSSR count). The summed E-state index contributed by atoms with van der Waals surface area (Å²) in [6.07, 6.45) is -0.720. The summed E-state index contributed by atoms with van der Waals surface area (Å²) >= 11 is 0. The molecule has 0 fully saturated rings. The summed E-state index contributed by atoms with van der Waals surface area (Å²) in [5.41, 5.74) is 0.714. The first-order valence-corrected chi connectivity index (χ1v) is 9.77. The first-order valence-electron chi connectivity index (χ1n) is 6.36. The van der Waals surface area contributed by atoms with Crippen molar-refractivity contribution >= 4 is 14.3 Å². The number of hydrogen-bond donors (Lipinski definition) is 0. The fourth-order valence-corrected chi connectivity index (χ4v) is 2.62. The number of ether oxygens (including phenoxy) is 2. The van der Waals surface area contributed by atoms with Gasteiger partial charge in [-0.1, -0.05) is 18.2 Å². The van der Waals surface area contributed by atoms with E-state index in [9.17, 15) is 4.79 Å². The highest BCUT2D eigenvalue weighted by Crippen LogP contribution is 2.30. The quantitative estimate of drug-likeness (QED) is 0.594. The van der Waals surface area contributed by atoms with Crippen molar-refractivity contribution in [2.45, 2.75) is 32.7 Å². The standard InChI is InChI=1S/C14H22O4Si/c1-6-17-14(15)13(18-19(3,4)5)11-9-7-8-10-12(11)16-2/h7-10,13H,6H2,1-5H3/t13-/m1/s1. The number of methoxy groups -OCH3 is 1. The third kappa shape index (κ3) is 4.68. The predicted molar refractivity (Wildman–Crippen MR) is 76.8 cm³/mol. The molecule has 1 aromatic carbocycles. The molecular formula is C14H22O4Si. The third-order valence-electron chi connectivity index (χ3n) is 2.39. The number of rotatable bonds is 6. The lowest BCUT2D eigenvalue weighted by Gasteiger charge is -2.26. The Labute approximate surface area is 115 Å². The number of carbonyl (C=O) groups is 1. The molecule has 0 bridgehead atoms. The second-order valence-corrected chi connectivity index (χ2v) is 9.56. The lowest BCUT2D eigenvalue weighted by Crippen LogP contribution is -2.32. The first kappa shape index (κ1) is 15.7. The fourth-order valence-electron chi connectivity index (χ4n) is 1.69. The minimum Gasteiger partial charge on any atom is -0.496 e. The Balaban J connectivity index is 3.11. The van der Waals surface area contributed by atoms with Crippen LogP contribution in [0.15, 0.2) is 24.3 Å². The Morgan fingerprint density at radius 2 is 1.89 bits per heavy atom. The Kier molecular flexibility index (Phi) is 5.56.